The summed E-state index contributed by atoms with van der Waals surface area (Å²) in [4.78, 5) is 21.2. The van der Waals surface area contributed by atoms with E-state index in [9.17, 15) is 4.79 Å². The van der Waals surface area contributed by atoms with Gasteiger partial charge in [-0.05, 0) is 42.3 Å². The summed E-state index contributed by atoms with van der Waals surface area (Å²) in [7, 11) is 0. The topological polar surface area (TPSA) is 159 Å². The number of aromatic nitrogens is 6. The highest BCUT2D eigenvalue weighted by Crippen LogP contribution is 2.37. The molecular weight excluding hydrogens is 432 g/mol. The van der Waals surface area contributed by atoms with E-state index < -0.39 is 5.91 Å². The summed E-state index contributed by atoms with van der Waals surface area (Å²) in [6.07, 6.45) is 4.94. The molecule has 0 aliphatic rings. The Bertz CT molecular complexity index is 1510. The van der Waals surface area contributed by atoms with E-state index in [2.05, 4.69) is 30.4 Å². The van der Waals surface area contributed by atoms with Crippen molar-refractivity contribution in [3.05, 3.63) is 77.9 Å². The number of pyridine rings is 2. The third-order valence-corrected chi connectivity index (χ3v) is 5.41. The molecule has 34 heavy (non-hydrogen) atoms. The van der Waals surface area contributed by atoms with Crippen LogP contribution >= 0.6 is 0 Å². The average Bonchev–Trinajstić information content (AvgIpc) is 3.33. The number of rotatable bonds is 6. The van der Waals surface area contributed by atoms with E-state index in [1.165, 1.54) is 0 Å². The van der Waals surface area contributed by atoms with Crippen molar-refractivity contribution in [2.45, 2.75) is 13.5 Å². The van der Waals surface area contributed by atoms with Crippen LogP contribution in [0, 0.1) is 6.92 Å². The van der Waals surface area contributed by atoms with Crippen molar-refractivity contribution < 1.29 is 9.53 Å². The number of hydrogen-bond donors (Lipinski definition) is 3. The molecule has 0 aliphatic heterocycles. The van der Waals surface area contributed by atoms with E-state index in [-0.39, 0.29) is 18.0 Å². The minimum atomic E-state index is -0.727. The Balaban J connectivity index is 1.60. The lowest BCUT2D eigenvalue weighted by molar-refractivity contribution is 0.0996. The Hall–Kier alpha value is -4.86. The van der Waals surface area contributed by atoms with Crippen LogP contribution in [0.15, 0.2) is 61.1 Å². The van der Waals surface area contributed by atoms with Gasteiger partial charge in [0.05, 0.1) is 35.0 Å². The third-order valence-electron chi connectivity index (χ3n) is 5.41. The molecule has 4 heterocycles. The lowest BCUT2D eigenvalue weighted by Gasteiger charge is -2.15. The van der Waals surface area contributed by atoms with Crippen LogP contribution in [-0.2, 0) is 6.61 Å². The van der Waals surface area contributed by atoms with Crippen LogP contribution in [0.4, 0.5) is 5.69 Å². The molecule has 168 valence electrons. The van der Waals surface area contributed by atoms with Crippen LogP contribution in [0.25, 0.3) is 33.4 Å². The fourth-order valence-electron chi connectivity index (χ4n) is 3.76. The van der Waals surface area contributed by atoms with Gasteiger partial charge in [-0.15, -0.1) is 0 Å². The fourth-order valence-corrected chi connectivity index (χ4v) is 3.76. The zero-order chi connectivity index (χ0) is 23.7. The summed E-state index contributed by atoms with van der Waals surface area (Å²) >= 11 is 0. The van der Waals surface area contributed by atoms with Crippen molar-refractivity contribution in [2.75, 3.05) is 5.73 Å². The molecule has 0 saturated heterocycles. The first-order valence-electron chi connectivity index (χ1n) is 10.4. The molecule has 5 N–H and O–H groups in total. The third kappa shape index (κ3) is 3.88. The lowest BCUT2D eigenvalue weighted by Crippen LogP contribution is -2.17. The number of nitrogens with zero attached hydrogens (tertiary/aromatic N) is 5. The monoisotopic (exact) mass is 452 g/mol. The number of carbonyl (C=O) groups excluding carboxylic acids is 1. The molecule has 0 unspecified atom stereocenters. The number of ether oxygens (including phenoxy) is 1. The number of aryl methyl sites for hydroxylation is 1. The number of amides is 1. The predicted molar refractivity (Wildman–Crippen MR) is 127 cm³/mol. The molecule has 4 aromatic heterocycles. The number of anilines is 1. The predicted octanol–water partition coefficient (Wildman–Crippen LogP) is 3.05. The second-order valence-electron chi connectivity index (χ2n) is 7.67. The molecular formula is C24H20N8O2. The maximum absolute atomic E-state index is 12.2. The Kier molecular flexibility index (Phi) is 5.30. The summed E-state index contributed by atoms with van der Waals surface area (Å²) in [6.45, 7) is 2.24. The molecule has 0 radical (unpaired) electrons. The van der Waals surface area contributed by atoms with Crippen LogP contribution < -0.4 is 16.2 Å². The number of nitrogens with two attached hydrogens (primary N) is 2. The number of aromatic amines is 1. The Morgan fingerprint density at radius 1 is 1.06 bits per heavy atom. The number of benzene rings is 1. The largest absolute Gasteiger partial charge is 0.473 e. The van der Waals surface area contributed by atoms with Crippen molar-refractivity contribution in [1.29, 1.82) is 0 Å². The number of nitrogens with one attached hydrogen (secondary N) is 1. The lowest BCUT2D eigenvalue weighted by atomic mass is 9.94. The van der Waals surface area contributed by atoms with Gasteiger partial charge in [0.2, 0.25) is 5.88 Å². The van der Waals surface area contributed by atoms with Crippen LogP contribution in [0.5, 0.6) is 5.88 Å². The van der Waals surface area contributed by atoms with Crippen molar-refractivity contribution in [3.8, 4) is 28.4 Å². The minimum Gasteiger partial charge on any atom is -0.473 e. The average molecular weight is 452 g/mol. The first-order valence-corrected chi connectivity index (χ1v) is 10.4. The Labute approximate surface area is 194 Å². The molecule has 0 fully saturated rings. The fraction of sp³-hybridized carbons (Fsp3) is 0.0833. The molecule has 0 spiro atoms. The van der Waals surface area contributed by atoms with Gasteiger partial charge >= 0.3 is 0 Å². The van der Waals surface area contributed by atoms with Crippen molar-refractivity contribution in [1.82, 2.24) is 30.4 Å². The Morgan fingerprint density at radius 2 is 1.94 bits per heavy atom. The molecule has 0 bridgehead atoms. The minimum absolute atomic E-state index is 0.0246. The molecule has 0 aliphatic carbocycles. The summed E-state index contributed by atoms with van der Waals surface area (Å²) < 4.78 is 5.80. The molecule has 10 heteroatoms. The summed E-state index contributed by atoms with van der Waals surface area (Å²) in [5.41, 5.74) is 17.3. The van der Waals surface area contributed by atoms with E-state index in [1.807, 2.05) is 25.1 Å². The highest BCUT2D eigenvalue weighted by Gasteiger charge is 2.20. The normalized spacial score (nSPS) is 11.0. The number of hydrogen-bond acceptors (Lipinski definition) is 8. The SMILES string of the molecule is Cc1ccc2[nH]ncc2c1-c1cc(-c2cccc(OCc3ccnnc3)n2)nc(C(N)=O)c1N. The molecule has 10 nitrogen and oxygen atoms in total. The zero-order valence-corrected chi connectivity index (χ0v) is 18.2. The standard InChI is InChI=1S/C24H20N8O2/c1-13-5-6-17-16(11-29-32-17)21(13)15-9-19(31-23(22(15)25)24(26)33)18-3-2-4-20(30-18)34-12-14-7-8-27-28-10-14/h2-11H,12,25H2,1H3,(H2,26,33)(H,29,32). The van der Waals surface area contributed by atoms with Crippen molar-refractivity contribution >= 4 is 22.5 Å². The highest BCUT2D eigenvalue weighted by atomic mass is 16.5. The van der Waals surface area contributed by atoms with E-state index in [4.69, 9.17) is 16.2 Å². The molecule has 1 aromatic carbocycles. The van der Waals surface area contributed by atoms with Gasteiger partial charge in [-0.2, -0.15) is 15.3 Å². The van der Waals surface area contributed by atoms with Crippen LogP contribution in [0.3, 0.4) is 0 Å². The number of fused-ring (bicyclic) bond motifs is 1. The molecule has 0 atom stereocenters. The van der Waals surface area contributed by atoms with Gasteiger partial charge in [0.1, 0.15) is 6.61 Å². The van der Waals surface area contributed by atoms with E-state index in [0.29, 0.717) is 22.8 Å². The smallest absolute Gasteiger partial charge is 0.269 e. The van der Waals surface area contributed by atoms with Crippen LogP contribution in [0.1, 0.15) is 21.6 Å². The van der Waals surface area contributed by atoms with Gasteiger partial charge in [0.15, 0.2) is 5.69 Å². The summed E-state index contributed by atoms with van der Waals surface area (Å²) in [5.74, 6) is -0.335. The molecule has 5 rings (SSSR count). The number of primary amides is 1. The number of carbonyl (C=O) groups is 1. The highest BCUT2D eigenvalue weighted by molar-refractivity contribution is 6.05. The van der Waals surface area contributed by atoms with Crippen LogP contribution in [0.2, 0.25) is 0 Å². The van der Waals surface area contributed by atoms with E-state index in [1.54, 1.807) is 42.9 Å². The van der Waals surface area contributed by atoms with Gasteiger partial charge in [-0.3, -0.25) is 9.89 Å². The second-order valence-corrected chi connectivity index (χ2v) is 7.67. The maximum Gasteiger partial charge on any atom is 0.269 e. The second kappa shape index (κ2) is 8.58. The van der Waals surface area contributed by atoms with Gasteiger partial charge < -0.3 is 16.2 Å². The van der Waals surface area contributed by atoms with Crippen molar-refractivity contribution in [2.24, 2.45) is 5.73 Å². The molecule has 5 aromatic rings. The zero-order valence-electron chi connectivity index (χ0n) is 18.2. The van der Waals surface area contributed by atoms with Gasteiger partial charge in [-0.25, -0.2) is 9.97 Å². The number of H-pyrrole nitrogens is 1. The van der Waals surface area contributed by atoms with Gasteiger partial charge in [0, 0.05) is 28.8 Å². The summed E-state index contributed by atoms with van der Waals surface area (Å²) in [5, 5.41) is 15.6. The quantitative estimate of drug-likeness (QED) is 0.354. The summed E-state index contributed by atoms with van der Waals surface area (Å²) in [6, 6.07) is 12.8. The molecule has 1 amide bonds. The molecule has 0 saturated carbocycles. The Morgan fingerprint density at radius 3 is 2.74 bits per heavy atom. The first-order chi connectivity index (χ1) is 16.5. The van der Waals surface area contributed by atoms with Gasteiger partial charge in [-0.1, -0.05) is 12.1 Å². The van der Waals surface area contributed by atoms with E-state index in [0.717, 1.165) is 27.6 Å². The van der Waals surface area contributed by atoms with E-state index >= 15 is 0 Å². The first kappa shape index (κ1) is 21.0. The van der Waals surface area contributed by atoms with Gasteiger partial charge in [0.25, 0.3) is 5.91 Å². The maximum atomic E-state index is 12.2. The van der Waals surface area contributed by atoms with Crippen LogP contribution in [-0.4, -0.2) is 36.3 Å². The van der Waals surface area contributed by atoms with Crippen molar-refractivity contribution in [3.63, 3.8) is 0 Å². The number of nitrogen functional groups attached to an aromatic ring is 1.